The maximum atomic E-state index is 14.8. The van der Waals surface area contributed by atoms with Crippen LogP contribution in [0.25, 0.3) is 0 Å². The smallest absolute Gasteiger partial charge is 0.236 e. The number of benzene rings is 3. The van der Waals surface area contributed by atoms with E-state index in [9.17, 15) is 29.0 Å². The van der Waals surface area contributed by atoms with Crippen molar-refractivity contribution >= 4 is 17.5 Å². The van der Waals surface area contributed by atoms with Crippen LogP contribution in [0.4, 0.5) is 4.39 Å². The largest absolute Gasteiger partial charge is 0.508 e. The Hall–Kier alpha value is -4.04. The van der Waals surface area contributed by atoms with E-state index in [0.29, 0.717) is 22.3 Å². The maximum Gasteiger partial charge on any atom is 0.236 e. The van der Waals surface area contributed by atoms with Crippen LogP contribution in [-0.2, 0) is 4.79 Å². The predicted molar refractivity (Wildman–Crippen MR) is 141 cm³/mol. The second-order valence-electron chi connectivity index (χ2n) is 10.00. The van der Waals surface area contributed by atoms with Crippen molar-refractivity contribution in [1.29, 1.82) is 0 Å². The molecule has 0 saturated carbocycles. The molecule has 0 aromatic heterocycles. The highest BCUT2D eigenvalue weighted by Crippen LogP contribution is 2.42. The van der Waals surface area contributed by atoms with Gasteiger partial charge in [0.25, 0.3) is 0 Å². The van der Waals surface area contributed by atoms with Crippen molar-refractivity contribution in [2.75, 3.05) is 33.7 Å². The summed E-state index contributed by atoms with van der Waals surface area (Å²) < 4.78 is 14.8. The van der Waals surface area contributed by atoms with Gasteiger partial charge in [-0.2, -0.15) is 0 Å². The molecular weight excluding hydrogens is 487 g/mol. The lowest BCUT2D eigenvalue weighted by molar-refractivity contribution is -0.130. The van der Waals surface area contributed by atoms with Crippen molar-refractivity contribution < 1.29 is 29.0 Å². The lowest BCUT2D eigenvalue weighted by atomic mass is 9.68. The van der Waals surface area contributed by atoms with Crippen molar-refractivity contribution in [3.8, 4) is 11.5 Å². The molecule has 1 amide bonds. The number of nitrogens with zero attached hydrogens (tertiary/aromatic N) is 2. The molecule has 1 aliphatic heterocycles. The lowest BCUT2D eigenvalue weighted by Gasteiger charge is -2.43. The summed E-state index contributed by atoms with van der Waals surface area (Å²) in [5.74, 6) is -3.30. The molecule has 3 aromatic carbocycles. The monoisotopic (exact) mass is 518 g/mol. The van der Waals surface area contributed by atoms with Crippen LogP contribution >= 0.6 is 0 Å². The Morgan fingerprint density at radius 1 is 0.842 bits per heavy atom. The van der Waals surface area contributed by atoms with Crippen LogP contribution in [0.5, 0.6) is 11.5 Å². The van der Waals surface area contributed by atoms with Gasteiger partial charge in [-0.15, -0.1) is 0 Å². The van der Waals surface area contributed by atoms with Crippen molar-refractivity contribution in [2.24, 2.45) is 11.8 Å². The fourth-order valence-electron chi connectivity index (χ4n) is 5.19. The van der Waals surface area contributed by atoms with Gasteiger partial charge in [0, 0.05) is 56.1 Å². The molecule has 0 unspecified atom stereocenters. The summed E-state index contributed by atoms with van der Waals surface area (Å²) in [4.78, 5) is 43.8. The summed E-state index contributed by atoms with van der Waals surface area (Å²) in [7, 11) is 3.28. The normalized spacial score (nSPS) is 18.2. The molecule has 198 valence electrons. The van der Waals surface area contributed by atoms with Crippen molar-refractivity contribution in [3.63, 3.8) is 0 Å². The number of halogens is 1. The molecule has 0 bridgehead atoms. The number of ketones is 2. The molecule has 2 atom stereocenters. The summed E-state index contributed by atoms with van der Waals surface area (Å²) in [6, 6.07) is 16.4. The van der Waals surface area contributed by atoms with Crippen LogP contribution in [0, 0.1) is 24.6 Å². The Kier molecular flexibility index (Phi) is 7.92. The number of phenolic OH excluding ortho intramolecular Hbond substituents is 2. The van der Waals surface area contributed by atoms with Gasteiger partial charge in [0.2, 0.25) is 5.91 Å². The predicted octanol–water partition coefficient (Wildman–Crippen LogP) is 4.03. The number of piperidine rings is 1. The topological polar surface area (TPSA) is 98.2 Å². The zero-order valence-electron chi connectivity index (χ0n) is 21.6. The second-order valence-corrected chi connectivity index (χ2v) is 10.00. The Bertz CT molecular complexity index is 1270. The van der Waals surface area contributed by atoms with Crippen molar-refractivity contribution in [3.05, 3.63) is 94.8 Å². The van der Waals surface area contributed by atoms with Crippen LogP contribution in [0.1, 0.15) is 37.8 Å². The van der Waals surface area contributed by atoms with E-state index >= 15 is 0 Å². The number of likely N-dealkylation sites (N-methyl/N-ethyl adjacent to an activating group) is 1. The molecule has 3 aromatic rings. The average molecular weight is 519 g/mol. The van der Waals surface area contributed by atoms with Crippen LogP contribution in [-0.4, -0.2) is 71.2 Å². The SMILES string of the molecule is Cc1c(F)cccc1C1[C@@H](C(=O)c2ccc(O)cc2)CN(CC(=O)N(C)C)C[C@@H]1C(=O)c1ccc(O)cc1. The van der Waals surface area contributed by atoms with E-state index in [0.717, 1.165) is 0 Å². The van der Waals surface area contributed by atoms with Gasteiger partial charge < -0.3 is 15.1 Å². The number of hydrogen-bond acceptors (Lipinski definition) is 6. The number of hydrogen-bond donors (Lipinski definition) is 2. The second kappa shape index (κ2) is 11.1. The Morgan fingerprint density at radius 2 is 1.32 bits per heavy atom. The van der Waals surface area contributed by atoms with Gasteiger partial charge in [-0.25, -0.2) is 4.39 Å². The van der Waals surface area contributed by atoms with Gasteiger partial charge in [0.1, 0.15) is 17.3 Å². The summed E-state index contributed by atoms with van der Waals surface area (Å²) in [5, 5.41) is 19.5. The van der Waals surface area contributed by atoms with E-state index in [-0.39, 0.29) is 48.6 Å². The Balaban J connectivity index is 1.85. The molecule has 7 nitrogen and oxygen atoms in total. The van der Waals surface area contributed by atoms with E-state index in [1.54, 1.807) is 38.1 Å². The highest BCUT2D eigenvalue weighted by atomic mass is 19.1. The molecule has 1 fully saturated rings. The van der Waals surface area contributed by atoms with Gasteiger partial charge in [-0.3, -0.25) is 19.3 Å². The number of Topliss-reactive ketones (excluding diaryl/α,β-unsaturated/α-hetero) is 2. The Labute approximate surface area is 221 Å². The first-order valence-corrected chi connectivity index (χ1v) is 12.4. The van der Waals surface area contributed by atoms with E-state index in [1.807, 2.05) is 0 Å². The molecule has 0 spiro atoms. The van der Waals surface area contributed by atoms with Crippen LogP contribution in [0.15, 0.2) is 66.7 Å². The molecule has 0 radical (unpaired) electrons. The van der Waals surface area contributed by atoms with Gasteiger partial charge in [0.15, 0.2) is 11.6 Å². The minimum Gasteiger partial charge on any atom is -0.508 e. The van der Waals surface area contributed by atoms with E-state index in [1.165, 1.54) is 59.5 Å². The van der Waals surface area contributed by atoms with Crippen molar-refractivity contribution in [2.45, 2.75) is 12.8 Å². The number of carbonyl (C=O) groups is 3. The number of carbonyl (C=O) groups excluding carboxylic acids is 3. The molecule has 1 saturated heterocycles. The number of rotatable bonds is 7. The van der Waals surface area contributed by atoms with Gasteiger partial charge in [0.05, 0.1) is 6.54 Å². The van der Waals surface area contributed by atoms with Crippen LogP contribution in [0.3, 0.4) is 0 Å². The summed E-state index contributed by atoms with van der Waals surface area (Å²) in [6.45, 7) is 2.04. The third kappa shape index (κ3) is 5.60. The van der Waals surface area contributed by atoms with Crippen LogP contribution in [0.2, 0.25) is 0 Å². The highest BCUT2D eigenvalue weighted by molar-refractivity contribution is 6.02. The van der Waals surface area contributed by atoms with Crippen LogP contribution < -0.4 is 0 Å². The standard InChI is InChI=1S/C30H31FN2O5/c1-18-23(5-4-6-26(18)31)28-24(29(37)19-7-11-21(34)12-8-19)15-33(17-27(36)32(2)3)16-25(28)30(38)20-9-13-22(35)14-10-20/h4-14,24-25,28,34-35H,15-17H2,1-3H3/t24-,25-/m0/s1. The third-order valence-electron chi connectivity index (χ3n) is 7.28. The molecule has 38 heavy (non-hydrogen) atoms. The van der Waals surface area contributed by atoms with Gasteiger partial charge in [-0.1, -0.05) is 12.1 Å². The Morgan fingerprint density at radius 3 is 1.76 bits per heavy atom. The highest BCUT2D eigenvalue weighted by Gasteiger charge is 2.45. The number of aromatic hydroxyl groups is 2. The zero-order valence-corrected chi connectivity index (χ0v) is 21.6. The molecule has 1 heterocycles. The maximum absolute atomic E-state index is 14.8. The first kappa shape index (κ1) is 27.0. The number of amides is 1. The molecule has 8 heteroatoms. The summed E-state index contributed by atoms with van der Waals surface area (Å²) in [5.41, 5.74) is 1.63. The number of likely N-dealkylation sites (tertiary alicyclic amines) is 1. The van der Waals surface area contributed by atoms with Crippen molar-refractivity contribution in [1.82, 2.24) is 9.80 Å². The first-order valence-electron chi connectivity index (χ1n) is 12.4. The summed E-state index contributed by atoms with van der Waals surface area (Å²) >= 11 is 0. The molecule has 1 aliphatic rings. The first-order chi connectivity index (χ1) is 18.1. The summed E-state index contributed by atoms with van der Waals surface area (Å²) in [6.07, 6.45) is 0. The molecular formula is C30H31FN2O5. The molecule has 0 aliphatic carbocycles. The van der Waals surface area contributed by atoms with Gasteiger partial charge in [-0.05, 0) is 72.6 Å². The minimum absolute atomic E-state index is 0.0145. The van der Waals surface area contributed by atoms with Gasteiger partial charge >= 0.3 is 0 Å². The lowest BCUT2D eigenvalue weighted by Crippen LogP contribution is -2.52. The third-order valence-corrected chi connectivity index (χ3v) is 7.28. The number of phenols is 2. The van der Waals surface area contributed by atoms with E-state index in [4.69, 9.17) is 0 Å². The van der Waals surface area contributed by atoms with E-state index < -0.39 is 23.6 Å². The average Bonchev–Trinajstić information content (AvgIpc) is 2.90. The van der Waals surface area contributed by atoms with E-state index in [2.05, 4.69) is 0 Å². The molecule has 2 N–H and O–H groups in total. The minimum atomic E-state index is -0.769. The fourth-order valence-corrected chi connectivity index (χ4v) is 5.19. The zero-order chi connectivity index (χ0) is 27.6. The molecule has 4 rings (SSSR count). The quantitative estimate of drug-likeness (QED) is 0.459. The fraction of sp³-hybridized carbons (Fsp3) is 0.300.